The fraction of sp³-hybridized carbons (Fsp3) is 0.391. The third-order valence-corrected chi connectivity index (χ3v) is 6.94. The van der Waals surface area contributed by atoms with Gasteiger partial charge in [-0.05, 0) is 56.7 Å². The summed E-state index contributed by atoms with van der Waals surface area (Å²) in [5, 5.41) is 2.69. The van der Waals surface area contributed by atoms with Gasteiger partial charge in [-0.1, -0.05) is 0 Å². The minimum atomic E-state index is -3.89. The quantitative estimate of drug-likeness (QED) is 0.567. The van der Waals surface area contributed by atoms with Crippen molar-refractivity contribution < 1.29 is 27.5 Å². The van der Waals surface area contributed by atoms with Gasteiger partial charge >= 0.3 is 0 Å². The molecule has 0 radical (unpaired) electrons. The SMILES string of the molecule is CCOc1ccc(NC(=O)CN(C)S(=O)(=O)c2ccc(N3CCCC3=O)cc2)cc1OCC. The van der Waals surface area contributed by atoms with Gasteiger partial charge in [-0.3, -0.25) is 9.59 Å². The van der Waals surface area contributed by atoms with Crippen LogP contribution < -0.4 is 19.7 Å². The lowest BCUT2D eigenvalue weighted by Gasteiger charge is -2.19. The molecule has 3 rings (SSSR count). The largest absolute Gasteiger partial charge is 0.490 e. The second-order valence-corrected chi connectivity index (χ2v) is 9.52. The van der Waals surface area contributed by atoms with Gasteiger partial charge in [0.2, 0.25) is 21.8 Å². The first-order valence-corrected chi connectivity index (χ1v) is 12.3. The molecular formula is C23H29N3O6S. The van der Waals surface area contributed by atoms with Crippen molar-refractivity contribution in [3.8, 4) is 11.5 Å². The summed E-state index contributed by atoms with van der Waals surface area (Å²) in [6.45, 7) is 4.87. The number of anilines is 2. The summed E-state index contributed by atoms with van der Waals surface area (Å²) in [5.41, 5.74) is 1.13. The zero-order valence-corrected chi connectivity index (χ0v) is 19.9. The molecule has 1 N–H and O–H groups in total. The van der Waals surface area contributed by atoms with Crippen LogP contribution in [0.5, 0.6) is 11.5 Å². The van der Waals surface area contributed by atoms with Gasteiger partial charge < -0.3 is 19.7 Å². The zero-order valence-electron chi connectivity index (χ0n) is 19.0. The molecule has 33 heavy (non-hydrogen) atoms. The Morgan fingerprint density at radius 2 is 1.73 bits per heavy atom. The lowest BCUT2D eigenvalue weighted by Crippen LogP contribution is -2.35. The van der Waals surface area contributed by atoms with Crippen molar-refractivity contribution in [3.63, 3.8) is 0 Å². The maximum Gasteiger partial charge on any atom is 0.243 e. The van der Waals surface area contributed by atoms with Crippen LogP contribution in [0.3, 0.4) is 0 Å². The summed E-state index contributed by atoms with van der Waals surface area (Å²) in [4.78, 5) is 26.1. The van der Waals surface area contributed by atoms with Crippen molar-refractivity contribution >= 4 is 33.2 Å². The maximum atomic E-state index is 12.9. The van der Waals surface area contributed by atoms with Crippen LogP contribution in [-0.4, -0.2) is 57.9 Å². The number of rotatable bonds is 10. The van der Waals surface area contributed by atoms with E-state index < -0.39 is 15.9 Å². The fourth-order valence-corrected chi connectivity index (χ4v) is 4.64. The van der Waals surface area contributed by atoms with E-state index in [0.717, 1.165) is 10.7 Å². The van der Waals surface area contributed by atoms with E-state index in [1.54, 1.807) is 35.2 Å². The van der Waals surface area contributed by atoms with Gasteiger partial charge in [0.25, 0.3) is 0 Å². The van der Waals surface area contributed by atoms with Crippen LogP contribution in [0.2, 0.25) is 0 Å². The number of likely N-dealkylation sites (N-methyl/N-ethyl adjacent to an activating group) is 1. The average molecular weight is 476 g/mol. The molecule has 1 saturated heterocycles. The number of ether oxygens (including phenoxy) is 2. The third-order valence-electron chi connectivity index (χ3n) is 5.12. The highest BCUT2D eigenvalue weighted by Crippen LogP contribution is 2.30. The molecule has 2 aromatic carbocycles. The Balaban J connectivity index is 1.66. The Morgan fingerprint density at radius 3 is 2.33 bits per heavy atom. The standard InChI is InChI=1S/C23H29N3O6S/c1-4-31-20-13-8-17(15-21(20)32-5-2)24-22(27)16-25(3)33(29,30)19-11-9-18(10-12-19)26-14-6-7-23(26)28/h8-13,15H,4-7,14,16H2,1-3H3,(H,24,27). The molecule has 9 nitrogen and oxygen atoms in total. The molecule has 2 amide bonds. The van der Waals surface area contributed by atoms with E-state index in [-0.39, 0.29) is 17.3 Å². The Kier molecular flexibility index (Phi) is 7.93. The third kappa shape index (κ3) is 5.82. The van der Waals surface area contributed by atoms with Gasteiger partial charge in [-0.2, -0.15) is 4.31 Å². The van der Waals surface area contributed by atoms with Crippen LogP contribution in [-0.2, 0) is 19.6 Å². The van der Waals surface area contributed by atoms with Crippen LogP contribution in [0, 0.1) is 0 Å². The summed E-state index contributed by atoms with van der Waals surface area (Å²) in [7, 11) is -2.54. The second kappa shape index (κ2) is 10.7. The summed E-state index contributed by atoms with van der Waals surface area (Å²) in [5.74, 6) is 0.596. The Labute approximate surface area is 194 Å². The van der Waals surface area contributed by atoms with Crippen LogP contribution in [0.4, 0.5) is 11.4 Å². The number of amides is 2. The van der Waals surface area contributed by atoms with E-state index in [2.05, 4.69) is 5.32 Å². The first-order chi connectivity index (χ1) is 15.8. The number of sulfonamides is 1. The first kappa shape index (κ1) is 24.5. The minimum absolute atomic E-state index is 0.0289. The van der Waals surface area contributed by atoms with Crippen molar-refractivity contribution in [1.29, 1.82) is 0 Å². The predicted octanol–water partition coefficient (Wildman–Crippen LogP) is 2.87. The minimum Gasteiger partial charge on any atom is -0.490 e. The molecule has 0 bridgehead atoms. The number of carbonyl (C=O) groups excluding carboxylic acids is 2. The summed E-state index contributed by atoms with van der Waals surface area (Å²) < 4.78 is 37.8. The summed E-state index contributed by atoms with van der Waals surface area (Å²) >= 11 is 0. The molecule has 0 saturated carbocycles. The molecule has 1 heterocycles. The molecule has 0 atom stereocenters. The molecule has 178 valence electrons. The first-order valence-electron chi connectivity index (χ1n) is 10.8. The van der Waals surface area contributed by atoms with E-state index in [9.17, 15) is 18.0 Å². The Hall–Kier alpha value is -3.11. The normalized spacial score (nSPS) is 13.9. The second-order valence-electron chi connectivity index (χ2n) is 7.48. The van der Waals surface area contributed by atoms with Crippen LogP contribution in [0.15, 0.2) is 47.4 Å². The average Bonchev–Trinajstić information content (AvgIpc) is 3.21. The molecule has 0 spiro atoms. The topological polar surface area (TPSA) is 105 Å². The molecule has 0 aliphatic carbocycles. The van der Waals surface area contributed by atoms with E-state index >= 15 is 0 Å². The van der Waals surface area contributed by atoms with Gasteiger partial charge in [0.05, 0.1) is 24.7 Å². The highest BCUT2D eigenvalue weighted by molar-refractivity contribution is 7.89. The molecular weight excluding hydrogens is 446 g/mol. The number of nitrogens with zero attached hydrogens (tertiary/aromatic N) is 2. The molecule has 0 unspecified atom stereocenters. The summed E-state index contributed by atoms with van der Waals surface area (Å²) in [6, 6.07) is 11.1. The smallest absolute Gasteiger partial charge is 0.243 e. The van der Waals surface area contributed by atoms with Crippen molar-refractivity contribution in [2.24, 2.45) is 0 Å². The molecule has 2 aromatic rings. The van der Waals surface area contributed by atoms with Crippen molar-refractivity contribution in [1.82, 2.24) is 4.31 Å². The van der Waals surface area contributed by atoms with E-state index in [1.165, 1.54) is 19.2 Å². The van der Waals surface area contributed by atoms with Gasteiger partial charge in [-0.15, -0.1) is 0 Å². The molecule has 10 heteroatoms. The van der Waals surface area contributed by atoms with Gasteiger partial charge in [0.1, 0.15) is 0 Å². The molecule has 0 aromatic heterocycles. The van der Waals surface area contributed by atoms with Crippen LogP contribution in [0.25, 0.3) is 0 Å². The van der Waals surface area contributed by atoms with E-state index in [4.69, 9.17) is 9.47 Å². The van der Waals surface area contributed by atoms with E-state index in [1.807, 2.05) is 13.8 Å². The van der Waals surface area contributed by atoms with Crippen LogP contribution >= 0.6 is 0 Å². The zero-order chi connectivity index (χ0) is 24.0. The van der Waals surface area contributed by atoms with Crippen molar-refractivity contribution in [2.45, 2.75) is 31.6 Å². The van der Waals surface area contributed by atoms with E-state index in [0.29, 0.717) is 49.1 Å². The van der Waals surface area contributed by atoms with Crippen LogP contribution in [0.1, 0.15) is 26.7 Å². The fourth-order valence-electron chi connectivity index (χ4n) is 3.52. The molecule has 1 fully saturated rings. The van der Waals surface area contributed by atoms with Crippen molar-refractivity contribution in [2.75, 3.05) is 43.6 Å². The number of carbonyl (C=O) groups is 2. The molecule has 1 aliphatic rings. The highest BCUT2D eigenvalue weighted by Gasteiger charge is 2.25. The lowest BCUT2D eigenvalue weighted by atomic mass is 10.2. The Bertz CT molecular complexity index is 1100. The lowest BCUT2D eigenvalue weighted by molar-refractivity contribution is -0.117. The van der Waals surface area contributed by atoms with Crippen molar-refractivity contribution in [3.05, 3.63) is 42.5 Å². The molecule has 1 aliphatic heterocycles. The number of benzene rings is 2. The number of nitrogens with one attached hydrogen (secondary N) is 1. The monoisotopic (exact) mass is 475 g/mol. The highest BCUT2D eigenvalue weighted by atomic mass is 32.2. The van der Waals surface area contributed by atoms with Gasteiger partial charge in [0.15, 0.2) is 11.5 Å². The number of hydrogen-bond acceptors (Lipinski definition) is 6. The van der Waals surface area contributed by atoms with Gasteiger partial charge in [-0.25, -0.2) is 8.42 Å². The maximum absolute atomic E-state index is 12.9. The predicted molar refractivity (Wildman–Crippen MR) is 125 cm³/mol. The Morgan fingerprint density at radius 1 is 1.06 bits per heavy atom. The van der Waals surface area contributed by atoms with Gasteiger partial charge in [0, 0.05) is 37.5 Å². The summed E-state index contributed by atoms with van der Waals surface area (Å²) in [6.07, 6.45) is 1.29. The number of hydrogen-bond donors (Lipinski definition) is 1.